The summed E-state index contributed by atoms with van der Waals surface area (Å²) in [5, 5.41) is 3.90. The van der Waals surface area contributed by atoms with Gasteiger partial charge in [0.05, 0.1) is 25.6 Å². The van der Waals surface area contributed by atoms with Crippen LogP contribution in [0.1, 0.15) is 34.5 Å². The lowest BCUT2D eigenvalue weighted by Crippen LogP contribution is -2.29. The molecule has 31 heavy (non-hydrogen) atoms. The molecule has 2 heterocycles. The quantitative estimate of drug-likeness (QED) is 0.561. The predicted molar refractivity (Wildman–Crippen MR) is 126 cm³/mol. The molecule has 0 aliphatic carbocycles. The molecule has 7 heteroatoms. The minimum absolute atomic E-state index is 0.195. The number of thiazole rings is 1. The molecule has 2 aromatic carbocycles. The number of carbonyl (C=O) groups excluding carboxylic acids is 1. The first-order valence-electron chi connectivity index (χ1n) is 10.4. The van der Waals surface area contributed by atoms with Crippen LogP contribution in [0.15, 0.2) is 42.5 Å². The van der Waals surface area contributed by atoms with Crippen molar-refractivity contribution in [3.63, 3.8) is 0 Å². The van der Waals surface area contributed by atoms with Crippen LogP contribution in [0.5, 0.6) is 11.5 Å². The van der Waals surface area contributed by atoms with E-state index in [4.69, 9.17) is 14.5 Å². The number of hydrogen-bond donors (Lipinski definition) is 1. The van der Waals surface area contributed by atoms with E-state index in [0.717, 1.165) is 42.3 Å². The normalized spacial score (nSPS) is 13.7. The third-order valence-electron chi connectivity index (χ3n) is 5.43. The fourth-order valence-electron chi connectivity index (χ4n) is 3.67. The van der Waals surface area contributed by atoms with E-state index in [1.807, 2.05) is 31.2 Å². The van der Waals surface area contributed by atoms with Crippen molar-refractivity contribution in [1.82, 2.24) is 4.98 Å². The molecule has 0 radical (unpaired) electrons. The molecular weight excluding hydrogens is 410 g/mol. The lowest BCUT2D eigenvalue weighted by molar-refractivity contribution is 0.103. The van der Waals surface area contributed by atoms with E-state index in [1.54, 1.807) is 32.4 Å². The number of anilines is 2. The summed E-state index contributed by atoms with van der Waals surface area (Å²) < 4.78 is 10.7. The molecule has 1 saturated heterocycles. The molecule has 6 nitrogen and oxygen atoms in total. The van der Waals surface area contributed by atoms with Gasteiger partial charge in [-0.2, -0.15) is 0 Å². The summed E-state index contributed by atoms with van der Waals surface area (Å²) >= 11 is 1.45. The zero-order valence-corrected chi connectivity index (χ0v) is 18.9. The van der Waals surface area contributed by atoms with Crippen LogP contribution in [-0.4, -0.2) is 38.2 Å². The number of piperidine rings is 1. The van der Waals surface area contributed by atoms with E-state index < -0.39 is 0 Å². The van der Waals surface area contributed by atoms with Crippen molar-refractivity contribution >= 4 is 28.1 Å². The van der Waals surface area contributed by atoms with Gasteiger partial charge in [0.2, 0.25) is 0 Å². The first kappa shape index (κ1) is 21.2. The van der Waals surface area contributed by atoms with E-state index in [9.17, 15) is 4.79 Å². The van der Waals surface area contributed by atoms with Gasteiger partial charge in [0.25, 0.3) is 5.91 Å². The van der Waals surface area contributed by atoms with Crippen molar-refractivity contribution in [1.29, 1.82) is 0 Å². The van der Waals surface area contributed by atoms with Crippen molar-refractivity contribution in [2.75, 3.05) is 37.5 Å². The van der Waals surface area contributed by atoms with Gasteiger partial charge in [0, 0.05) is 24.7 Å². The molecule has 3 aromatic rings. The maximum Gasteiger partial charge on any atom is 0.268 e. The molecule has 1 aromatic heterocycles. The number of nitrogens with one attached hydrogen (secondary N) is 1. The number of hydrogen-bond acceptors (Lipinski definition) is 6. The zero-order valence-electron chi connectivity index (χ0n) is 18.1. The van der Waals surface area contributed by atoms with E-state index in [1.165, 1.54) is 23.3 Å². The van der Waals surface area contributed by atoms with Crippen molar-refractivity contribution in [3.05, 3.63) is 52.9 Å². The molecule has 1 fully saturated rings. The first-order valence-corrected chi connectivity index (χ1v) is 11.3. The Hall–Kier alpha value is -3.06. The second-order valence-electron chi connectivity index (χ2n) is 7.61. The second-order valence-corrected chi connectivity index (χ2v) is 8.59. The van der Waals surface area contributed by atoms with Crippen LogP contribution in [0, 0.1) is 6.92 Å². The van der Waals surface area contributed by atoms with Crippen molar-refractivity contribution < 1.29 is 14.3 Å². The average Bonchev–Trinajstić information content (AvgIpc) is 3.26. The number of aromatic nitrogens is 1. The third kappa shape index (κ3) is 4.66. The first-order chi connectivity index (χ1) is 15.1. The summed E-state index contributed by atoms with van der Waals surface area (Å²) in [6.07, 6.45) is 3.56. The number of amides is 1. The minimum atomic E-state index is -0.195. The Bertz CT molecular complexity index is 1060. The molecule has 0 unspecified atom stereocenters. The average molecular weight is 438 g/mol. The number of aryl methyl sites for hydroxylation is 1. The van der Waals surface area contributed by atoms with E-state index in [-0.39, 0.29) is 5.91 Å². The highest BCUT2D eigenvalue weighted by Crippen LogP contribution is 2.36. The molecular formula is C24H27N3O3S. The maximum atomic E-state index is 13.3. The molecule has 0 spiro atoms. The summed E-state index contributed by atoms with van der Waals surface area (Å²) in [5.74, 6) is 1.02. The number of nitrogens with zero attached hydrogens (tertiary/aromatic N) is 2. The summed E-state index contributed by atoms with van der Waals surface area (Å²) in [5.41, 5.74) is 3.42. The van der Waals surface area contributed by atoms with Gasteiger partial charge in [-0.3, -0.25) is 4.79 Å². The standard InChI is InChI=1S/C24H27N3O3S/c1-16-7-9-17(10-8-16)21-22(31-24(26-21)27-13-5-4-6-14-27)23(28)25-19-12-11-18(29-2)15-20(19)30-3/h7-12,15H,4-6,13-14H2,1-3H3,(H,25,28). The Labute approximate surface area is 186 Å². The SMILES string of the molecule is COc1ccc(NC(=O)c2sc(N3CCCCC3)nc2-c2ccc(C)cc2)c(OC)c1. The Balaban J connectivity index is 1.69. The smallest absolute Gasteiger partial charge is 0.268 e. The Morgan fingerprint density at radius 1 is 1.03 bits per heavy atom. The highest BCUT2D eigenvalue weighted by molar-refractivity contribution is 7.18. The highest BCUT2D eigenvalue weighted by atomic mass is 32.1. The van der Waals surface area contributed by atoms with Crippen LogP contribution in [0.4, 0.5) is 10.8 Å². The van der Waals surface area contributed by atoms with Crippen molar-refractivity contribution in [3.8, 4) is 22.8 Å². The molecule has 0 saturated carbocycles. The van der Waals surface area contributed by atoms with Gasteiger partial charge in [0.1, 0.15) is 16.4 Å². The van der Waals surface area contributed by atoms with Gasteiger partial charge in [-0.1, -0.05) is 41.2 Å². The maximum absolute atomic E-state index is 13.3. The van der Waals surface area contributed by atoms with Crippen LogP contribution in [0.2, 0.25) is 0 Å². The predicted octanol–water partition coefficient (Wildman–Crippen LogP) is 5.38. The molecule has 0 atom stereocenters. The van der Waals surface area contributed by atoms with Crippen LogP contribution in [0.25, 0.3) is 11.3 Å². The second kappa shape index (κ2) is 9.39. The molecule has 1 N–H and O–H groups in total. The van der Waals surface area contributed by atoms with Crippen LogP contribution in [-0.2, 0) is 0 Å². The van der Waals surface area contributed by atoms with Crippen LogP contribution in [0.3, 0.4) is 0 Å². The third-order valence-corrected chi connectivity index (χ3v) is 6.55. The summed E-state index contributed by atoms with van der Waals surface area (Å²) in [6.45, 7) is 4.01. The van der Waals surface area contributed by atoms with Crippen molar-refractivity contribution in [2.24, 2.45) is 0 Å². The number of rotatable bonds is 6. The van der Waals surface area contributed by atoms with Gasteiger partial charge >= 0.3 is 0 Å². The molecule has 4 rings (SSSR count). The molecule has 162 valence electrons. The Morgan fingerprint density at radius 3 is 2.45 bits per heavy atom. The summed E-state index contributed by atoms with van der Waals surface area (Å²) in [4.78, 5) is 21.1. The van der Waals surface area contributed by atoms with E-state index >= 15 is 0 Å². The lowest BCUT2D eigenvalue weighted by atomic mass is 10.1. The molecule has 0 bridgehead atoms. The fraction of sp³-hybridized carbons (Fsp3) is 0.333. The largest absolute Gasteiger partial charge is 0.497 e. The van der Waals surface area contributed by atoms with Gasteiger partial charge in [-0.25, -0.2) is 4.98 Å². The van der Waals surface area contributed by atoms with E-state index in [2.05, 4.69) is 10.2 Å². The minimum Gasteiger partial charge on any atom is -0.497 e. The van der Waals surface area contributed by atoms with Crippen LogP contribution < -0.4 is 19.7 Å². The highest BCUT2D eigenvalue weighted by Gasteiger charge is 2.24. The van der Waals surface area contributed by atoms with Gasteiger partial charge in [-0.05, 0) is 38.3 Å². The Morgan fingerprint density at radius 2 is 1.77 bits per heavy atom. The topological polar surface area (TPSA) is 63.7 Å². The van der Waals surface area contributed by atoms with Gasteiger partial charge in [-0.15, -0.1) is 0 Å². The van der Waals surface area contributed by atoms with Gasteiger partial charge in [0.15, 0.2) is 5.13 Å². The molecule has 1 aliphatic rings. The molecule has 1 amide bonds. The lowest BCUT2D eigenvalue weighted by Gasteiger charge is -2.25. The zero-order chi connectivity index (χ0) is 21.8. The Kier molecular flexibility index (Phi) is 6.42. The number of ether oxygens (including phenoxy) is 2. The summed E-state index contributed by atoms with van der Waals surface area (Å²) in [7, 11) is 3.17. The molecule has 1 aliphatic heterocycles. The monoisotopic (exact) mass is 437 g/mol. The van der Waals surface area contributed by atoms with Gasteiger partial charge < -0.3 is 19.7 Å². The fourth-order valence-corrected chi connectivity index (χ4v) is 4.71. The number of benzene rings is 2. The summed E-state index contributed by atoms with van der Waals surface area (Å²) in [6, 6.07) is 13.5. The van der Waals surface area contributed by atoms with Crippen LogP contribution >= 0.6 is 11.3 Å². The number of carbonyl (C=O) groups is 1. The number of methoxy groups -OCH3 is 2. The van der Waals surface area contributed by atoms with Crippen molar-refractivity contribution in [2.45, 2.75) is 26.2 Å². The van der Waals surface area contributed by atoms with E-state index in [0.29, 0.717) is 22.1 Å².